The summed E-state index contributed by atoms with van der Waals surface area (Å²) >= 11 is 5.90. The third-order valence-electron chi connectivity index (χ3n) is 2.88. The molecule has 2 aromatic rings. The zero-order valence-electron chi connectivity index (χ0n) is 12.3. The van der Waals surface area contributed by atoms with Crippen molar-refractivity contribution in [3.05, 3.63) is 47.1 Å². The van der Waals surface area contributed by atoms with Crippen LogP contribution in [0, 0.1) is 6.92 Å². The Morgan fingerprint density at radius 1 is 1.25 bits per heavy atom. The van der Waals surface area contributed by atoms with Crippen molar-refractivity contribution in [3.63, 3.8) is 0 Å². The Hall–Kier alpha value is -2.00. The van der Waals surface area contributed by atoms with Gasteiger partial charge in [-0.2, -0.15) is 13.2 Å². The molecule has 2 rings (SSSR count). The lowest BCUT2D eigenvalue weighted by molar-refractivity contribution is -0.154. The number of alkyl halides is 3. The molecule has 0 bridgehead atoms. The first-order valence-electron chi connectivity index (χ1n) is 6.52. The van der Waals surface area contributed by atoms with Gasteiger partial charge in [-0.15, -0.1) is 0 Å². The lowest BCUT2D eigenvalue weighted by Gasteiger charge is -2.12. The highest BCUT2D eigenvalue weighted by Crippen LogP contribution is 2.25. The minimum Gasteiger partial charge on any atom is -0.468 e. The molecule has 24 heavy (non-hydrogen) atoms. The van der Waals surface area contributed by atoms with Crippen LogP contribution in [0.3, 0.4) is 0 Å². The molecule has 1 aromatic carbocycles. The second-order valence-electron chi connectivity index (χ2n) is 4.76. The van der Waals surface area contributed by atoms with E-state index in [0.29, 0.717) is 10.6 Å². The van der Waals surface area contributed by atoms with Gasteiger partial charge in [-0.05, 0) is 30.7 Å². The average molecular weight is 381 g/mol. The lowest BCUT2D eigenvalue weighted by Crippen LogP contribution is -2.19. The maximum absolute atomic E-state index is 12.3. The minimum absolute atomic E-state index is 0.00704. The highest BCUT2D eigenvalue weighted by Gasteiger charge is 2.28. The van der Waals surface area contributed by atoms with E-state index in [1.54, 1.807) is 13.0 Å². The molecular formula is C14H12ClF3N2O3S. The van der Waals surface area contributed by atoms with Gasteiger partial charge in [-0.1, -0.05) is 17.7 Å². The van der Waals surface area contributed by atoms with Crippen LogP contribution >= 0.6 is 11.6 Å². The highest BCUT2D eigenvalue weighted by molar-refractivity contribution is 7.92. The number of ether oxygens (including phenoxy) is 1. The fraction of sp³-hybridized carbons (Fsp3) is 0.214. The molecule has 1 heterocycles. The van der Waals surface area contributed by atoms with Crippen molar-refractivity contribution >= 4 is 27.3 Å². The van der Waals surface area contributed by atoms with Crippen LogP contribution in [0.25, 0.3) is 0 Å². The monoisotopic (exact) mass is 380 g/mol. The maximum atomic E-state index is 12.3. The normalized spacial score (nSPS) is 12.0. The van der Waals surface area contributed by atoms with E-state index in [0.717, 1.165) is 12.3 Å². The molecule has 5 nitrogen and oxygen atoms in total. The molecule has 0 fully saturated rings. The Morgan fingerprint density at radius 3 is 2.54 bits per heavy atom. The summed E-state index contributed by atoms with van der Waals surface area (Å²) in [4.78, 5) is 3.62. The summed E-state index contributed by atoms with van der Waals surface area (Å²) in [5.74, 6) is -0.269. The molecule has 0 aliphatic heterocycles. The van der Waals surface area contributed by atoms with E-state index < -0.39 is 22.8 Å². The first-order valence-corrected chi connectivity index (χ1v) is 8.38. The number of aromatic nitrogens is 1. The third kappa shape index (κ3) is 4.75. The van der Waals surface area contributed by atoms with Gasteiger partial charge in [0.05, 0.1) is 16.8 Å². The zero-order chi connectivity index (χ0) is 18.0. The molecule has 0 radical (unpaired) electrons. The van der Waals surface area contributed by atoms with Crippen molar-refractivity contribution in [1.29, 1.82) is 0 Å². The summed E-state index contributed by atoms with van der Waals surface area (Å²) in [6, 6.07) is 6.82. The van der Waals surface area contributed by atoms with Gasteiger partial charge in [0.2, 0.25) is 5.88 Å². The Balaban J connectivity index is 2.14. The number of halogens is 4. The minimum atomic E-state index is -4.48. The number of sulfonamides is 1. The van der Waals surface area contributed by atoms with Crippen LogP contribution in [-0.4, -0.2) is 26.2 Å². The number of nitrogens with one attached hydrogen (secondary N) is 1. The van der Waals surface area contributed by atoms with Gasteiger partial charge >= 0.3 is 6.18 Å². The summed E-state index contributed by atoms with van der Waals surface area (Å²) in [6.07, 6.45) is -3.42. The van der Waals surface area contributed by atoms with Crippen LogP contribution < -0.4 is 9.46 Å². The molecule has 0 atom stereocenters. The van der Waals surface area contributed by atoms with Gasteiger partial charge in [0.25, 0.3) is 10.0 Å². The van der Waals surface area contributed by atoms with Gasteiger partial charge in [0, 0.05) is 11.1 Å². The average Bonchev–Trinajstić information content (AvgIpc) is 2.48. The summed E-state index contributed by atoms with van der Waals surface area (Å²) in [5, 5.41) is 0.298. The van der Waals surface area contributed by atoms with Gasteiger partial charge < -0.3 is 4.74 Å². The van der Waals surface area contributed by atoms with Crippen LogP contribution in [0.15, 0.2) is 41.4 Å². The Labute approximate surface area is 141 Å². The molecule has 10 heteroatoms. The predicted molar refractivity (Wildman–Crippen MR) is 82.8 cm³/mol. The number of hydrogen-bond acceptors (Lipinski definition) is 4. The van der Waals surface area contributed by atoms with Crippen molar-refractivity contribution in [2.45, 2.75) is 18.0 Å². The molecule has 0 spiro atoms. The van der Waals surface area contributed by atoms with Gasteiger partial charge in [-0.3, -0.25) is 4.72 Å². The van der Waals surface area contributed by atoms with E-state index in [2.05, 4.69) is 14.4 Å². The number of hydrogen-bond donors (Lipinski definition) is 1. The molecule has 0 saturated carbocycles. The molecule has 1 aromatic heterocycles. The number of anilines is 1. The highest BCUT2D eigenvalue weighted by atomic mass is 35.5. The molecule has 1 N–H and O–H groups in total. The van der Waals surface area contributed by atoms with Crippen LogP contribution in [0.2, 0.25) is 5.02 Å². The molecule has 130 valence electrons. The summed E-state index contributed by atoms with van der Waals surface area (Å²) in [6.45, 7) is 0.0794. The van der Waals surface area contributed by atoms with Crippen LogP contribution in [-0.2, 0) is 10.0 Å². The maximum Gasteiger partial charge on any atom is 0.422 e. The van der Waals surface area contributed by atoms with Crippen molar-refractivity contribution in [2.75, 3.05) is 11.3 Å². The van der Waals surface area contributed by atoms with E-state index in [9.17, 15) is 21.6 Å². The Morgan fingerprint density at radius 2 is 1.96 bits per heavy atom. The van der Waals surface area contributed by atoms with E-state index in [-0.39, 0.29) is 16.5 Å². The van der Waals surface area contributed by atoms with Crippen molar-refractivity contribution < 1.29 is 26.3 Å². The fourth-order valence-electron chi connectivity index (χ4n) is 1.77. The van der Waals surface area contributed by atoms with Gasteiger partial charge in [0.15, 0.2) is 6.61 Å². The summed E-state index contributed by atoms with van der Waals surface area (Å²) < 4.78 is 67.5. The van der Waals surface area contributed by atoms with Crippen molar-refractivity contribution in [1.82, 2.24) is 4.98 Å². The van der Waals surface area contributed by atoms with Crippen molar-refractivity contribution in [3.8, 4) is 5.88 Å². The first-order chi connectivity index (χ1) is 11.1. The molecule has 0 aliphatic carbocycles. The van der Waals surface area contributed by atoms with E-state index in [1.807, 2.05) is 0 Å². The topological polar surface area (TPSA) is 68.3 Å². The van der Waals surface area contributed by atoms with Crippen LogP contribution in [0.4, 0.5) is 18.9 Å². The smallest absolute Gasteiger partial charge is 0.422 e. The SMILES string of the molecule is Cc1c(Cl)cccc1S(=O)(=O)Nc1ccc(OCC(F)(F)F)nc1. The molecule has 0 amide bonds. The van der Waals surface area contributed by atoms with E-state index >= 15 is 0 Å². The fourth-order valence-corrected chi connectivity index (χ4v) is 3.31. The second kappa shape index (κ2) is 6.86. The predicted octanol–water partition coefficient (Wildman–Crippen LogP) is 3.79. The van der Waals surface area contributed by atoms with E-state index in [1.165, 1.54) is 18.2 Å². The molecular weight excluding hydrogens is 369 g/mol. The second-order valence-corrected chi connectivity index (χ2v) is 6.82. The Kier molecular flexibility index (Phi) is 5.24. The largest absolute Gasteiger partial charge is 0.468 e. The number of benzene rings is 1. The van der Waals surface area contributed by atoms with Crippen molar-refractivity contribution in [2.24, 2.45) is 0 Å². The zero-order valence-corrected chi connectivity index (χ0v) is 13.8. The summed E-state index contributed by atoms with van der Waals surface area (Å²) in [5.41, 5.74) is 0.457. The summed E-state index contributed by atoms with van der Waals surface area (Å²) in [7, 11) is -3.91. The molecule has 0 aliphatic rings. The number of nitrogens with zero attached hydrogens (tertiary/aromatic N) is 1. The Bertz CT molecular complexity index is 824. The quantitative estimate of drug-likeness (QED) is 0.857. The van der Waals surface area contributed by atoms with Gasteiger partial charge in [-0.25, -0.2) is 13.4 Å². The third-order valence-corrected chi connectivity index (χ3v) is 4.81. The standard InChI is InChI=1S/C14H12ClF3N2O3S/c1-9-11(15)3-2-4-12(9)24(21,22)20-10-5-6-13(19-7-10)23-8-14(16,17)18/h2-7,20H,8H2,1H3. The molecule has 0 saturated heterocycles. The lowest BCUT2D eigenvalue weighted by atomic mass is 10.2. The number of rotatable bonds is 5. The first kappa shape index (κ1) is 18.3. The molecule has 0 unspecified atom stereocenters. The van der Waals surface area contributed by atoms with Crippen LogP contribution in [0.5, 0.6) is 5.88 Å². The number of pyridine rings is 1. The van der Waals surface area contributed by atoms with E-state index in [4.69, 9.17) is 11.6 Å². The van der Waals surface area contributed by atoms with Crippen LogP contribution in [0.1, 0.15) is 5.56 Å². The van der Waals surface area contributed by atoms with Gasteiger partial charge in [0.1, 0.15) is 0 Å².